The maximum absolute atomic E-state index is 9.06. The van der Waals surface area contributed by atoms with Gasteiger partial charge < -0.3 is 10.0 Å². The molecule has 16 heavy (non-hydrogen) atoms. The number of hydrogen-bond donors (Lipinski definition) is 1. The van der Waals surface area contributed by atoms with Gasteiger partial charge in [-0.2, -0.15) is 0 Å². The van der Waals surface area contributed by atoms with Crippen LogP contribution in [0.1, 0.15) is 37.3 Å². The molecule has 0 bridgehead atoms. The Morgan fingerprint density at radius 2 is 2.38 bits per heavy atom. The summed E-state index contributed by atoms with van der Waals surface area (Å²) < 4.78 is 0. The van der Waals surface area contributed by atoms with Crippen LogP contribution in [0.3, 0.4) is 0 Å². The van der Waals surface area contributed by atoms with E-state index < -0.39 is 0 Å². The van der Waals surface area contributed by atoms with E-state index in [0.29, 0.717) is 6.04 Å². The highest BCUT2D eigenvalue weighted by molar-refractivity contribution is 5.49. The van der Waals surface area contributed by atoms with Crippen LogP contribution in [0.2, 0.25) is 0 Å². The molecule has 0 radical (unpaired) electrons. The predicted octanol–water partition coefficient (Wildman–Crippen LogP) is 2.26. The van der Waals surface area contributed by atoms with Crippen molar-refractivity contribution in [2.24, 2.45) is 0 Å². The highest BCUT2D eigenvalue weighted by atomic mass is 16.3. The molecule has 1 N–H and O–H groups in total. The molecule has 0 aliphatic carbocycles. The van der Waals surface area contributed by atoms with Gasteiger partial charge in [0.15, 0.2) is 0 Å². The largest absolute Gasteiger partial charge is 0.392 e. The molecule has 3 nitrogen and oxygen atoms in total. The van der Waals surface area contributed by atoms with Crippen molar-refractivity contribution in [3.05, 3.63) is 23.4 Å². The summed E-state index contributed by atoms with van der Waals surface area (Å²) in [4.78, 5) is 6.91. The van der Waals surface area contributed by atoms with Gasteiger partial charge in [0.05, 0.1) is 6.61 Å². The minimum atomic E-state index is 0.0747. The lowest BCUT2D eigenvalue weighted by atomic mass is 10.1. The summed E-state index contributed by atoms with van der Waals surface area (Å²) >= 11 is 0. The molecule has 1 aliphatic rings. The van der Waals surface area contributed by atoms with Crippen LogP contribution < -0.4 is 4.90 Å². The molecule has 1 aromatic rings. The standard InChI is InChI=1S/C13H20N2O/c1-3-12-5-4-6-15(12)13-10(2)7-11(9-16)8-14-13/h7-8,12,16H,3-6,9H2,1-2H3. The van der Waals surface area contributed by atoms with E-state index in [1.165, 1.54) is 24.8 Å². The van der Waals surface area contributed by atoms with Crippen LogP contribution in [0, 0.1) is 6.92 Å². The summed E-state index contributed by atoms with van der Waals surface area (Å²) in [5.41, 5.74) is 2.07. The predicted molar refractivity (Wildman–Crippen MR) is 65.6 cm³/mol. The summed E-state index contributed by atoms with van der Waals surface area (Å²) in [6, 6.07) is 2.68. The van der Waals surface area contributed by atoms with Crippen molar-refractivity contribution in [1.29, 1.82) is 0 Å². The fourth-order valence-corrected chi connectivity index (χ4v) is 2.55. The summed E-state index contributed by atoms with van der Waals surface area (Å²) in [5, 5.41) is 9.06. The Balaban J connectivity index is 2.26. The molecule has 1 aromatic heterocycles. The Morgan fingerprint density at radius 3 is 3.00 bits per heavy atom. The molecule has 0 amide bonds. The summed E-state index contributed by atoms with van der Waals surface area (Å²) in [5.74, 6) is 1.10. The van der Waals surface area contributed by atoms with Crippen LogP contribution >= 0.6 is 0 Å². The third kappa shape index (κ3) is 2.05. The van der Waals surface area contributed by atoms with E-state index in [0.717, 1.165) is 17.9 Å². The third-order valence-electron chi connectivity index (χ3n) is 3.41. The molecule has 0 spiro atoms. The van der Waals surface area contributed by atoms with E-state index in [1.807, 2.05) is 6.07 Å². The van der Waals surface area contributed by atoms with E-state index in [-0.39, 0.29) is 6.61 Å². The fourth-order valence-electron chi connectivity index (χ4n) is 2.55. The summed E-state index contributed by atoms with van der Waals surface area (Å²) in [6.45, 7) is 5.50. The number of pyridine rings is 1. The van der Waals surface area contributed by atoms with Gasteiger partial charge in [-0.3, -0.25) is 0 Å². The van der Waals surface area contributed by atoms with Gasteiger partial charge in [0.1, 0.15) is 5.82 Å². The Hall–Kier alpha value is -1.09. The average molecular weight is 220 g/mol. The van der Waals surface area contributed by atoms with Gasteiger partial charge in [0.2, 0.25) is 0 Å². The molecule has 0 saturated carbocycles. The number of anilines is 1. The number of aliphatic hydroxyl groups excluding tert-OH is 1. The summed E-state index contributed by atoms with van der Waals surface area (Å²) in [7, 11) is 0. The lowest BCUT2D eigenvalue weighted by Gasteiger charge is -2.26. The van der Waals surface area contributed by atoms with E-state index in [4.69, 9.17) is 5.11 Å². The highest BCUT2D eigenvalue weighted by Crippen LogP contribution is 2.28. The second-order valence-corrected chi connectivity index (χ2v) is 4.54. The van der Waals surface area contributed by atoms with Gasteiger partial charge in [-0.05, 0) is 43.4 Å². The molecule has 88 valence electrons. The van der Waals surface area contributed by atoms with Crippen molar-refractivity contribution in [2.45, 2.75) is 45.8 Å². The molecule has 3 heteroatoms. The minimum absolute atomic E-state index is 0.0747. The number of aryl methyl sites for hydroxylation is 1. The van der Waals surface area contributed by atoms with Crippen LogP contribution in [0.4, 0.5) is 5.82 Å². The van der Waals surface area contributed by atoms with E-state index >= 15 is 0 Å². The zero-order chi connectivity index (χ0) is 11.5. The number of aromatic nitrogens is 1. The molecule has 1 fully saturated rings. The van der Waals surface area contributed by atoms with Crippen molar-refractivity contribution in [2.75, 3.05) is 11.4 Å². The molecule has 2 rings (SSSR count). The van der Waals surface area contributed by atoms with Crippen molar-refractivity contribution < 1.29 is 5.11 Å². The zero-order valence-corrected chi connectivity index (χ0v) is 10.1. The maximum atomic E-state index is 9.06. The lowest BCUT2D eigenvalue weighted by Crippen LogP contribution is -2.29. The van der Waals surface area contributed by atoms with E-state index in [2.05, 4.69) is 23.7 Å². The number of nitrogens with zero attached hydrogens (tertiary/aromatic N) is 2. The topological polar surface area (TPSA) is 36.4 Å². The summed E-state index contributed by atoms with van der Waals surface area (Å²) in [6.07, 6.45) is 5.51. The zero-order valence-electron chi connectivity index (χ0n) is 10.1. The quantitative estimate of drug-likeness (QED) is 0.849. The second-order valence-electron chi connectivity index (χ2n) is 4.54. The lowest BCUT2D eigenvalue weighted by molar-refractivity contribution is 0.281. The molecule has 1 atom stereocenters. The van der Waals surface area contributed by atoms with Crippen molar-refractivity contribution in [3.8, 4) is 0 Å². The van der Waals surface area contributed by atoms with E-state index in [1.54, 1.807) is 6.20 Å². The minimum Gasteiger partial charge on any atom is -0.392 e. The van der Waals surface area contributed by atoms with Crippen LogP contribution in [0.25, 0.3) is 0 Å². The SMILES string of the molecule is CCC1CCCN1c1ncc(CO)cc1C. The monoisotopic (exact) mass is 220 g/mol. The van der Waals surface area contributed by atoms with Crippen LogP contribution in [0.5, 0.6) is 0 Å². The molecule has 0 aromatic carbocycles. The number of aliphatic hydroxyl groups is 1. The molecule has 1 aliphatic heterocycles. The normalized spacial score (nSPS) is 20.4. The van der Waals surface area contributed by atoms with Crippen LogP contribution in [0.15, 0.2) is 12.3 Å². The molecular weight excluding hydrogens is 200 g/mol. The molecule has 2 heterocycles. The molecule has 1 unspecified atom stereocenters. The van der Waals surface area contributed by atoms with Crippen molar-refractivity contribution in [3.63, 3.8) is 0 Å². The first-order chi connectivity index (χ1) is 7.76. The van der Waals surface area contributed by atoms with Gasteiger partial charge in [-0.15, -0.1) is 0 Å². The first-order valence-electron chi connectivity index (χ1n) is 6.09. The van der Waals surface area contributed by atoms with Gasteiger partial charge in [-0.25, -0.2) is 4.98 Å². The Kier molecular flexibility index (Phi) is 3.44. The highest BCUT2D eigenvalue weighted by Gasteiger charge is 2.24. The van der Waals surface area contributed by atoms with E-state index in [9.17, 15) is 0 Å². The van der Waals surface area contributed by atoms with Gasteiger partial charge in [0, 0.05) is 18.8 Å². The van der Waals surface area contributed by atoms with Gasteiger partial charge in [0.25, 0.3) is 0 Å². The smallest absolute Gasteiger partial charge is 0.131 e. The Bertz CT molecular complexity index is 365. The maximum Gasteiger partial charge on any atom is 0.131 e. The molecule has 1 saturated heterocycles. The first kappa shape index (κ1) is 11.4. The number of hydrogen-bond acceptors (Lipinski definition) is 3. The first-order valence-corrected chi connectivity index (χ1v) is 6.09. The second kappa shape index (κ2) is 4.83. The van der Waals surface area contributed by atoms with Gasteiger partial charge >= 0.3 is 0 Å². The molecular formula is C13H20N2O. The van der Waals surface area contributed by atoms with Crippen LogP contribution in [-0.2, 0) is 6.61 Å². The average Bonchev–Trinajstić information content (AvgIpc) is 2.76. The third-order valence-corrected chi connectivity index (χ3v) is 3.41. The van der Waals surface area contributed by atoms with Crippen LogP contribution in [-0.4, -0.2) is 22.7 Å². The fraction of sp³-hybridized carbons (Fsp3) is 0.615. The van der Waals surface area contributed by atoms with Crippen molar-refractivity contribution >= 4 is 5.82 Å². The Morgan fingerprint density at radius 1 is 1.56 bits per heavy atom. The van der Waals surface area contributed by atoms with Gasteiger partial charge in [-0.1, -0.05) is 6.92 Å². The number of rotatable bonds is 3. The Labute approximate surface area is 97.1 Å². The van der Waals surface area contributed by atoms with Crippen molar-refractivity contribution in [1.82, 2.24) is 4.98 Å².